The molecule has 0 radical (unpaired) electrons. The highest BCUT2D eigenvalue weighted by molar-refractivity contribution is 6.07. The van der Waals surface area contributed by atoms with Crippen molar-refractivity contribution in [3.63, 3.8) is 0 Å². The molecule has 232 valence electrons. The molecule has 11 nitrogen and oxygen atoms in total. The number of amides is 1. The van der Waals surface area contributed by atoms with Crippen LogP contribution in [0.15, 0.2) is 41.2 Å². The molecule has 0 N–H and O–H groups in total. The Morgan fingerprint density at radius 3 is 2.57 bits per heavy atom. The molecule has 44 heavy (non-hydrogen) atoms. The molecule has 2 aliphatic rings. The molecule has 1 fully saturated rings. The van der Waals surface area contributed by atoms with E-state index in [4.69, 9.17) is 14.5 Å². The Hall–Kier alpha value is -4.09. The molecule has 0 aliphatic carbocycles. The molecule has 4 aromatic rings. The second-order valence-corrected chi connectivity index (χ2v) is 12.4. The third-order valence-electron chi connectivity index (χ3n) is 9.19. The number of fused-ring (bicyclic) bond motifs is 2. The number of carbonyl (C=O) groups is 1. The Morgan fingerprint density at radius 2 is 1.82 bits per heavy atom. The average Bonchev–Trinajstić information content (AvgIpc) is 3.42. The van der Waals surface area contributed by atoms with Crippen LogP contribution >= 0.6 is 0 Å². The van der Waals surface area contributed by atoms with Crippen LogP contribution < -0.4 is 15.4 Å². The van der Waals surface area contributed by atoms with Crippen molar-refractivity contribution in [1.82, 2.24) is 24.3 Å². The van der Waals surface area contributed by atoms with E-state index in [1.807, 2.05) is 57.6 Å². The smallest absolute Gasteiger partial charge is 0.261 e. The number of nitrogens with zero attached hydrogens (tertiary/aromatic N) is 7. The number of benzene rings is 2. The first kappa shape index (κ1) is 30.0. The van der Waals surface area contributed by atoms with Crippen molar-refractivity contribution in [2.75, 3.05) is 50.3 Å². The minimum Gasteiger partial charge on any atom is -0.382 e. The molecule has 6 rings (SSSR count). The van der Waals surface area contributed by atoms with Crippen molar-refractivity contribution in [3.05, 3.63) is 75.4 Å². The molecule has 2 aromatic carbocycles. The zero-order valence-corrected chi connectivity index (χ0v) is 26.5. The van der Waals surface area contributed by atoms with Crippen LogP contribution in [0.25, 0.3) is 10.9 Å². The number of aromatic nitrogens is 5. The monoisotopic (exact) mass is 599 g/mol. The zero-order chi connectivity index (χ0) is 31.2. The van der Waals surface area contributed by atoms with Crippen LogP contribution in [0.5, 0.6) is 0 Å². The van der Waals surface area contributed by atoms with Crippen LogP contribution in [0.2, 0.25) is 0 Å². The van der Waals surface area contributed by atoms with Gasteiger partial charge in [-0.25, -0.2) is 4.98 Å². The summed E-state index contributed by atoms with van der Waals surface area (Å²) in [6.07, 6.45) is 1.78. The lowest BCUT2D eigenvalue weighted by atomic mass is 9.86. The van der Waals surface area contributed by atoms with E-state index in [2.05, 4.69) is 33.3 Å². The highest BCUT2D eigenvalue weighted by Crippen LogP contribution is 2.41. The van der Waals surface area contributed by atoms with Crippen molar-refractivity contribution in [2.24, 2.45) is 7.05 Å². The maximum absolute atomic E-state index is 14.0. The predicted molar refractivity (Wildman–Crippen MR) is 170 cm³/mol. The molecule has 1 saturated heterocycles. The molecular formula is C33H41N7O4. The Morgan fingerprint density at radius 1 is 1.02 bits per heavy atom. The molecular weight excluding hydrogens is 558 g/mol. The van der Waals surface area contributed by atoms with Gasteiger partial charge in [-0.05, 0) is 62.6 Å². The minimum absolute atomic E-state index is 0.000910. The van der Waals surface area contributed by atoms with Crippen molar-refractivity contribution in [3.8, 4) is 0 Å². The molecule has 0 spiro atoms. The van der Waals surface area contributed by atoms with Gasteiger partial charge in [-0.3, -0.25) is 14.2 Å². The first-order valence-electron chi connectivity index (χ1n) is 15.2. The van der Waals surface area contributed by atoms with Gasteiger partial charge in [0, 0.05) is 65.1 Å². The molecule has 4 heterocycles. The number of likely N-dealkylation sites (N-methyl/N-ethyl adjacent to an activating group) is 1. The summed E-state index contributed by atoms with van der Waals surface area (Å²) in [6.45, 7) is 8.96. The standard InChI is InChI=1S/C33H41N7O4/c1-21-35-36-30(37(21)4)12-11-29-34-27-18-23(39-15-16-44-24(19-39)20-43-6)8-9-25(27)31(41)40(29)14-13-22-7-10-26-28(17-22)38(5)32(42)33(26,2)3/h7-10,17-18,24H,11-16,19-20H2,1-6H3/t24-/m1/s1. The number of aryl methyl sites for hydroxylation is 4. The number of hydrogen-bond donors (Lipinski definition) is 0. The maximum Gasteiger partial charge on any atom is 0.261 e. The molecule has 2 aromatic heterocycles. The summed E-state index contributed by atoms with van der Waals surface area (Å²) in [4.78, 5) is 35.9. The van der Waals surface area contributed by atoms with E-state index >= 15 is 0 Å². The topological polar surface area (TPSA) is 108 Å². The Balaban J connectivity index is 1.33. The summed E-state index contributed by atoms with van der Waals surface area (Å²) < 4.78 is 14.9. The van der Waals surface area contributed by atoms with Crippen LogP contribution in [-0.4, -0.2) is 76.8 Å². The molecule has 11 heteroatoms. The zero-order valence-electron chi connectivity index (χ0n) is 26.5. The van der Waals surface area contributed by atoms with Crippen LogP contribution in [0.4, 0.5) is 11.4 Å². The molecule has 0 bridgehead atoms. The maximum atomic E-state index is 14.0. The van der Waals surface area contributed by atoms with Crippen LogP contribution in [0.3, 0.4) is 0 Å². The predicted octanol–water partition coefficient (Wildman–Crippen LogP) is 2.97. The Bertz CT molecular complexity index is 1770. The van der Waals surface area contributed by atoms with Crippen molar-refractivity contribution >= 4 is 28.2 Å². The van der Waals surface area contributed by atoms with Crippen LogP contribution in [-0.2, 0) is 52.5 Å². The largest absolute Gasteiger partial charge is 0.382 e. The third-order valence-corrected chi connectivity index (χ3v) is 9.19. The van der Waals surface area contributed by atoms with Gasteiger partial charge in [-0.1, -0.05) is 12.1 Å². The SMILES string of the molecule is COC[C@H]1CN(c2ccc3c(=O)n(CCc4ccc5c(c4)N(C)C(=O)C5(C)C)c(CCc4nnc(C)n4C)nc3c2)CCO1. The quantitative estimate of drug-likeness (QED) is 0.289. The summed E-state index contributed by atoms with van der Waals surface area (Å²) in [5.41, 5.74) is 4.13. The van der Waals surface area contributed by atoms with Gasteiger partial charge < -0.3 is 23.8 Å². The van der Waals surface area contributed by atoms with Gasteiger partial charge in [0.2, 0.25) is 5.91 Å². The highest BCUT2D eigenvalue weighted by Gasteiger charge is 2.42. The number of hydrogen-bond acceptors (Lipinski definition) is 8. The lowest BCUT2D eigenvalue weighted by Gasteiger charge is -2.34. The molecule has 2 aliphatic heterocycles. The Kier molecular flexibility index (Phi) is 8.02. The summed E-state index contributed by atoms with van der Waals surface area (Å²) in [5, 5.41) is 9.12. The Labute approximate surface area is 257 Å². The van der Waals surface area contributed by atoms with E-state index in [0.717, 1.165) is 40.7 Å². The van der Waals surface area contributed by atoms with Gasteiger partial charge in [0.05, 0.1) is 35.6 Å². The molecule has 0 saturated carbocycles. The minimum atomic E-state index is -0.544. The summed E-state index contributed by atoms with van der Waals surface area (Å²) >= 11 is 0. The first-order chi connectivity index (χ1) is 21.1. The van der Waals surface area contributed by atoms with E-state index in [0.29, 0.717) is 62.3 Å². The van der Waals surface area contributed by atoms with Gasteiger partial charge in [0.25, 0.3) is 5.56 Å². The molecule has 1 atom stereocenters. The average molecular weight is 600 g/mol. The van der Waals surface area contributed by atoms with E-state index in [9.17, 15) is 9.59 Å². The van der Waals surface area contributed by atoms with E-state index in [1.165, 1.54) is 0 Å². The van der Waals surface area contributed by atoms with E-state index in [1.54, 1.807) is 16.6 Å². The van der Waals surface area contributed by atoms with E-state index in [-0.39, 0.29) is 17.6 Å². The fourth-order valence-corrected chi connectivity index (χ4v) is 6.43. The van der Waals surface area contributed by atoms with Gasteiger partial charge in [0.1, 0.15) is 17.5 Å². The van der Waals surface area contributed by atoms with E-state index < -0.39 is 5.41 Å². The van der Waals surface area contributed by atoms with Gasteiger partial charge in [-0.15, -0.1) is 10.2 Å². The highest BCUT2D eigenvalue weighted by atomic mass is 16.5. The number of morpholine rings is 1. The fourth-order valence-electron chi connectivity index (χ4n) is 6.43. The van der Waals surface area contributed by atoms with Crippen molar-refractivity contribution < 1.29 is 14.3 Å². The number of anilines is 2. The molecule has 1 amide bonds. The normalized spacial score (nSPS) is 18.0. The summed E-state index contributed by atoms with van der Waals surface area (Å²) in [7, 11) is 5.46. The number of ether oxygens (including phenoxy) is 2. The van der Waals surface area contributed by atoms with Crippen LogP contribution in [0.1, 0.15) is 42.4 Å². The van der Waals surface area contributed by atoms with Crippen molar-refractivity contribution in [1.29, 1.82) is 0 Å². The van der Waals surface area contributed by atoms with Gasteiger partial charge in [-0.2, -0.15) is 0 Å². The summed E-state index contributed by atoms with van der Waals surface area (Å²) in [6, 6.07) is 12.1. The second kappa shape index (κ2) is 11.8. The number of methoxy groups -OCH3 is 1. The van der Waals surface area contributed by atoms with Gasteiger partial charge >= 0.3 is 0 Å². The van der Waals surface area contributed by atoms with Crippen molar-refractivity contribution in [2.45, 2.75) is 58.1 Å². The number of carbonyl (C=O) groups excluding carboxylic acids is 1. The lowest BCUT2D eigenvalue weighted by Crippen LogP contribution is -2.44. The number of rotatable bonds is 9. The summed E-state index contributed by atoms with van der Waals surface area (Å²) in [5.74, 6) is 2.50. The van der Waals surface area contributed by atoms with Gasteiger partial charge in [0.15, 0.2) is 0 Å². The molecule has 0 unspecified atom stereocenters. The third kappa shape index (κ3) is 5.39. The first-order valence-corrected chi connectivity index (χ1v) is 15.2. The fraction of sp³-hybridized carbons (Fsp3) is 0.485. The lowest BCUT2D eigenvalue weighted by molar-refractivity contribution is -0.121. The second-order valence-electron chi connectivity index (χ2n) is 12.4. The van der Waals surface area contributed by atoms with Crippen LogP contribution in [0, 0.1) is 6.92 Å².